The Balaban J connectivity index is 2.50. The maximum absolute atomic E-state index is 5.98. The standard InChI is InChI=1S/C13H18BrCl/c1-2-3-5-12(10-15)8-11-6-4-7-13(14)9-11/h4,6-7,9,12H,2-3,5,8,10H2,1H3. The molecule has 1 aromatic rings. The van der Waals surface area contributed by atoms with Crippen molar-refractivity contribution in [3.05, 3.63) is 34.3 Å². The highest BCUT2D eigenvalue weighted by atomic mass is 79.9. The fraction of sp³-hybridized carbons (Fsp3) is 0.538. The van der Waals surface area contributed by atoms with Crippen LogP contribution in [0.3, 0.4) is 0 Å². The van der Waals surface area contributed by atoms with Crippen LogP contribution in [0.2, 0.25) is 0 Å². The highest BCUT2D eigenvalue weighted by Crippen LogP contribution is 2.19. The Bertz CT molecular complexity index is 286. The largest absolute Gasteiger partial charge is 0.126 e. The van der Waals surface area contributed by atoms with Crippen molar-refractivity contribution in [2.75, 3.05) is 5.88 Å². The smallest absolute Gasteiger partial charge is 0.0254 e. The summed E-state index contributed by atoms with van der Waals surface area (Å²) in [6, 6.07) is 8.51. The van der Waals surface area contributed by atoms with Crippen LogP contribution in [0.15, 0.2) is 28.7 Å². The first kappa shape index (κ1) is 13.1. The molecule has 0 aromatic heterocycles. The summed E-state index contributed by atoms with van der Waals surface area (Å²) >= 11 is 9.47. The predicted molar refractivity (Wildman–Crippen MR) is 71.6 cm³/mol. The van der Waals surface area contributed by atoms with E-state index in [1.54, 1.807) is 0 Å². The van der Waals surface area contributed by atoms with Gasteiger partial charge in [-0.3, -0.25) is 0 Å². The zero-order valence-electron chi connectivity index (χ0n) is 9.18. The van der Waals surface area contributed by atoms with Crippen molar-refractivity contribution in [1.29, 1.82) is 0 Å². The van der Waals surface area contributed by atoms with E-state index in [1.807, 2.05) is 0 Å². The van der Waals surface area contributed by atoms with E-state index in [1.165, 1.54) is 24.8 Å². The van der Waals surface area contributed by atoms with Crippen LogP contribution < -0.4 is 0 Å². The molecule has 0 bridgehead atoms. The van der Waals surface area contributed by atoms with Crippen molar-refractivity contribution in [3.63, 3.8) is 0 Å². The SMILES string of the molecule is CCCCC(CCl)Cc1cccc(Br)c1. The normalized spacial score (nSPS) is 12.7. The Morgan fingerprint density at radius 2 is 2.20 bits per heavy atom. The molecule has 0 aliphatic rings. The summed E-state index contributed by atoms with van der Waals surface area (Å²) in [6.45, 7) is 2.23. The van der Waals surface area contributed by atoms with Gasteiger partial charge in [-0.1, -0.05) is 47.8 Å². The molecule has 1 atom stereocenters. The van der Waals surface area contributed by atoms with Crippen LogP contribution in [0.5, 0.6) is 0 Å². The number of hydrogen-bond donors (Lipinski definition) is 0. The van der Waals surface area contributed by atoms with Crippen molar-refractivity contribution >= 4 is 27.5 Å². The third kappa shape index (κ3) is 5.03. The fourth-order valence-electron chi connectivity index (χ4n) is 1.72. The molecule has 0 saturated heterocycles. The van der Waals surface area contributed by atoms with Gasteiger partial charge in [-0.25, -0.2) is 0 Å². The molecular weight excluding hydrogens is 272 g/mol. The van der Waals surface area contributed by atoms with Gasteiger partial charge < -0.3 is 0 Å². The molecular formula is C13H18BrCl. The summed E-state index contributed by atoms with van der Waals surface area (Å²) in [7, 11) is 0. The highest BCUT2D eigenvalue weighted by molar-refractivity contribution is 9.10. The van der Waals surface area contributed by atoms with Gasteiger partial charge in [-0.05, 0) is 36.5 Å². The number of benzene rings is 1. The quantitative estimate of drug-likeness (QED) is 0.644. The van der Waals surface area contributed by atoms with Gasteiger partial charge in [-0.2, -0.15) is 0 Å². The minimum atomic E-state index is 0.626. The van der Waals surface area contributed by atoms with E-state index in [-0.39, 0.29) is 0 Å². The Labute approximate surface area is 106 Å². The van der Waals surface area contributed by atoms with Gasteiger partial charge in [0, 0.05) is 10.4 Å². The third-order valence-electron chi connectivity index (χ3n) is 2.60. The van der Waals surface area contributed by atoms with Crippen LogP contribution in [-0.4, -0.2) is 5.88 Å². The van der Waals surface area contributed by atoms with E-state index in [9.17, 15) is 0 Å². The second kappa shape index (κ2) is 7.29. The number of unbranched alkanes of at least 4 members (excludes halogenated alkanes) is 1. The number of hydrogen-bond acceptors (Lipinski definition) is 0. The Hall–Kier alpha value is -0.0100. The molecule has 0 spiro atoms. The molecule has 0 fully saturated rings. The third-order valence-corrected chi connectivity index (χ3v) is 3.53. The van der Waals surface area contributed by atoms with E-state index in [4.69, 9.17) is 11.6 Å². The second-order valence-corrected chi connectivity index (χ2v) is 5.22. The van der Waals surface area contributed by atoms with Crippen molar-refractivity contribution in [1.82, 2.24) is 0 Å². The van der Waals surface area contributed by atoms with E-state index in [0.29, 0.717) is 5.92 Å². The molecule has 0 N–H and O–H groups in total. The molecule has 84 valence electrons. The Kier molecular flexibility index (Phi) is 6.35. The molecule has 15 heavy (non-hydrogen) atoms. The van der Waals surface area contributed by atoms with Gasteiger partial charge in [0.05, 0.1) is 0 Å². The average Bonchev–Trinajstić information content (AvgIpc) is 2.24. The lowest BCUT2D eigenvalue weighted by molar-refractivity contribution is 0.509. The molecule has 0 saturated carbocycles. The molecule has 0 aliphatic heterocycles. The summed E-state index contributed by atoms with van der Waals surface area (Å²) in [4.78, 5) is 0. The van der Waals surface area contributed by atoms with Gasteiger partial charge in [-0.15, -0.1) is 11.6 Å². The summed E-state index contributed by atoms with van der Waals surface area (Å²) in [5, 5.41) is 0. The van der Waals surface area contributed by atoms with Gasteiger partial charge in [0.15, 0.2) is 0 Å². The topological polar surface area (TPSA) is 0 Å². The summed E-state index contributed by atoms with van der Waals surface area (Å²) in [5.74, 6) is 1.40. The van der Waals surface area contributed by atoms with Crippen LogP contribution >= 0.6 is 27.5 Å². The van der Waals surface area contributed by atoms with E-state index in [0.717, 1.165) is 16.8 Å². The first-order valence-corrected chi connectivity index (χ1v) is 6.89. The van der Waals surface area contributed by atoms with Gasteiger partial charge in [0.1, 0.15) is 0 Å². The second-order valence-electron chi connectivity index (χ2n) is 4.00. The average molecular weight is 290 g/mol. The van der Waals surface area contributed by atoms with Crippen molar-refractivity contribution in [2.24, 2.45) is 5.92 Å². The lowest BCUT2D eigenvalue weighted by Crippen LogP contribution is -2.06. The number of rotatable bonds is 6. The monoisotopic (exact) mass is 288 g/mol. The van der Waals surface area contributed by atoms with Crippen molar-refractivity contribution in [2.45, 2.75) is 32.6 Å². The first-order chi connectivity index (χ1) is 7.26. The van der Waals surface area contributed by atoms with E-state index in [2.05, 4.69) is 47.1 Å². The first-order valence-electron chi connectivity index (χ1n) is 5.56. The lowest BCUT2D eigenvalue weighted by atomic mass is 9.96. The molecule has 1 aromatic carbocycles. The summed E-state index contributed by atoms with van der Waals surface area (Å²) < 4.78 is 1.16. The maximum atomic E-state index is 5.98. The molecule has 1 unspecified atom stereocenters. The summed E-state index contributed by atoms with van der Waals surface area (Å²) in [5.41, 5.74) is 1.38. The van der Waals surface area contributed by atoms with Crippen LogP contribution in [0.4, 0.5) is 0 Å². The van der Waals surface area contributed by atoms with Crippen LogP contribution in [0.25, 0.3) is 0 Å². The molecule has 0 aliphatic carbocycles. The van der Waals surface area contributed by atoms with Crippen LogP contribution in [0.1, 0.15) is 31.7 Å². The number of alkyl halides is 1. The molecule has 0 radical (unpaired) electrons. The lowest BCUT2D eigenvalue weighted by Gasteiger charge is -2.13. The minimum absolute atomic E-state index is 0.626. The minimum Gasteiger partial charge on any atom is -0.126 e. The number of halogens is 2. The van der Waals surface area contributed by atoms with Gasteiger partial charge >= 0.3 is 0 Å². The molecule has 0 nitrogen and oxygen atoms in total. The van der Waals surface area contributed by atoms with Crippen molar-refractivity contribution in [3.8, 4) is 0 Å². The molecule has 1 rings (SSSR count). The Morgan fingerprint density at radius 3 is 2.80 bits per heavy atom. The molecule has 0 amide bonds. The van der Waals surface area contributed by atoms with Gasteiger partial charge in [0.25, 0.3) is 0 Å². The zero-order valence-corrected chi connectivity index (χ0v) is 11.5. The molecule has 0 heterocycles. The highest BCUT2D eigenvalue weighted by Gasteiger charge is 2.07. The van der Waals surface area contributed by atoms with E-state index < -0.39 is 0 Å². The fourth-order valence-corrected chi connectivity index (χ4v) is 2.43. The van der Waals surface area contributed by atoms with Crippen LogP contribution in [-0.2, 0) is 6.42 Å². The predicted octanol–water partition coefficient (Wildman–Crippen LogP) is 5.04. The van der Waals surface area contributed by atoms with Crippen LogP contribution in [0, 0.1) is 5.92 Å². The van der Waals surface area contributed by atoms with Crippen molar-refractivity contribution < 1.29 is 0 Å². The summed E-state index contributed by atoms with van der Waals surface area (Å²) in [6.07, 6.45) is 4.88. The maximum Gasteiger partial charge on any atom is 0.0254 e. The molecule has 2 heteroatoms. The van der Waals surface area contributed by atoms with E-state index >= 15 is 0 Å². The zero-order chi connectivity index (χ0) is 11.1. The Morgan fingerprint density at radius 1 is 1.40 bits per heavy atom. The van der Waals surface area contributed by atoms with Gasteiger partial charge in [0.2, 0.25) is 0 Å².